The van der Waals surface area contributed by atoms with Crippen molar-refractivity contribution in [2.45, 2.75) is 64.6 Å². The Kier molecular flexibility index (Phi) is 4.33. The Balaban J connectivity index is 1.76. The van der Waals surface area contributed by atoms with Crippen LogP contribution in [0.4, 0.5) is 0 Å². The molecule has 1 N–H and O–H groups in total. The van der Waals surface area contributed by atoms with Gasteiger partial charge in [0.1, 0.15) is 5.75 Å². The summed E-state index contributed by atoms with van der Waals surface area (Å²) in [6.45, 7) is 4.87. The van der Waals surface area contributed by atoms with E-state index in [2.05, 4.69) is 56.3 Å². The van der Waals surface area contributed by atoms with Crippen LogP contribution in [0.15, 0.2) is 42.5 Å². The highest BCUT2D eigenvalue weighted by Gasteiger charge is 2.36. The van der Waals surface area contributed by atoms with Crippen molar-refractivity contribution in [2.75, 3.05) is 0 Å². The third kappa shape index (κ3) is 3.46. The van der Waals surface area contributed by atoms with E-state index in [0.717, 1.165) is 11.3 Å². The molecule has 0 bridgehead atoms. The first-order chi connectivity index (χ1) is 12.1. The van der Waals surface area contributed by atoms with Gasteiger partial charge in [0.25, 0.3) is 0 Å². The van der Waals surface area contributed by atoms with Gasteiger partial charge < -0.3 is 9.84 Å². The van der Waals surface area contributed by atoms with Crippen molar-refractivity contribution in [3.63, 3.8) is 0 Å². The molecule has 0 amide bonds. The van der Waals surface area contributed by atoms with Crippen LogP contribution in [0.5, 0.6) is 5.75 Å². The van der Waals surface area contributed by atoms with E-state index >= 15 is 0 Å². The van der Waals surface area contributed by atoms with Crippen molar-refractivity contribution in [2.24, 2.45) is 5.41 Å². The molecule has 0 heterocycles. The van der Waals surface area contributed by atoms with Gasteiger partial charge in [-0.1, -0.05) is 50.6 Å². The van der Waals surface area contributed by atoms with Gasteiger partial charge in [-0.15, -0.1) is 0 Å². The van der Waals surface area contributed by atoms with Gasteiger partial charge in [0, 0.05) is 0 Å². The van der Waals surface area contributed by atoms with Crippen LogP contribution >= 0.6 is 0 Å². The van der Waals surface area contributed by atoms with Gasteiger partial charge in [-0.05, 0) is 71.4 Å². The van der Waals surface area contributed by atoms with Crippen molar-refractivity contribution in [1.29, 1.82) is 0 Å². The third-order valence-corrected chi connectivity index (χ3v) is 5.90. The van der Waals surface area contributed by atoms with E-state index in [1.54, 1.807) is 0 Å². The normalized spacial score (nSPS) is 22.1. The number of aliphatic hydroxyl groups is 1. The highest BCUT2D eigenvalue weighted by Crippen LogP contribution is 2.51. The Labute approximate surface area is 150 Å². The molecule has 0 aliphatic heterocycles. The molecule has 25 heavy (non-hydrogen) atoms. The highest BCUT2D eigenvalue weighted by atomic mass is 16.5. The van der Waals surface area contributed by atoms with E-state index in [0.29, 0.717) is 17.4 Å². The minimum atomic E-state index is 0.102. The number of aliphatic hydroxyl groups excluding tert-OH is 1. The van der Waals surface area contributed by atoms with Gasteiger partial charge in [-0.2, -0.15) is 0 Å². The molecular weight excluding hydrogens is 308 g/mol. The molecule has 2 aliphatic rings. The van der Waals surface area contributed by atoms with Gasteiger partial charge in [0.2, 0.25) is 0 Å². The van der Waals surface area contributed by atoms with Crippen LogP contribution in [0.2, 0.25) is 0 Å². The maximum atomic E-state index is 9.63. The van der Waals surface area contributed by atoms with Crippen LogP contribution in [0.1, 0.15) is 63.0 Å². The zero-order valence-electron chi connectivity index (χ0n) is 15.3. The summed E-state index contributed by atoms with van der Waals surface area (Å²) in [7, 11) is 0. The van der Waals surface area contributed by atoms with E-state index in [1.807, 2.05) is 0 Å². The largest absolute Gasteiger partial charge is 0.490 e. The second kappa shape index (κ2) is 6.49. The number of benzene rings is 2. The van der Waals surface area contributed by atoms with Crippen molar-refractivity contribution in [1.82, 2.24) is 0 Å². The first-order valence-electron chi connectivity index (χ1n) is 9.57. The number of rotatable bonds is 5. The topological polar surface area (TPSA) is 29.5 Å². The van der Waals surface area contributed by atoms with E-state index in [4.69, 9.17) is 4.74 Å². The van der Waals surface area contributed by atoms with Crippen molar-refractivity contribution < 1.29 is 9.84 Å². The molecule has 2 saturated carbocycles. The van der Waals surface area contributed by atoms with Gasteiger partial charge in [-0.3, -0.25) is 0 Å². The van der Waals surface area contributed by atoms with E-state index in [-0.39, 0.29) is 6.61 Å². The number of hydrogen-bond donors (Lipinski definition) is 1. The number of ether oxygens (including phenoxy) is 1. The Morgan fingerprint density at radius 1 is 1.08 bits per heavy atom. The first kappa shape index (κ1) is 16.7. The Morgan fingerprint density at radius 3 is 2.60 bits per heavy atom. The van der Waals surface area contributed by atoms with Gasteiger partial charge in [-0.25, -0.2) is 0 Å². The monoisotopic (exact) mass is 336 g/mol. The zero-order chi connectivity index (χ0) is 17.4. The summed E-state index contributed by atoms with van der Waals surface area (Å²) in [4.78, 5) is 0. The summed E-state index contributed by atoms with van der Waals surface area (Å²) in [5, 5.41) is 9.63. The maximum absolute atomic E-state index is 9.63. The summed E-state index contributed by atoms with van der Waals surface area (Å²) < 4.78 is 6.00. The average molecular weight is 336 g/mol. The molecule has 4 rings (SSSR count). The second-order valence-corrected chi connectivity index (χ2v) is 8.36. The lowest BCUT2D eigenvalue weighted by atomic mass is 9.75. The molecule has 0 saturated heterocycles. The first-order valence-corrected chi connectivity index (χ1v) is 9.57. The van der Waals surface area contributed by atoms with Crippen LogP contribution in [0, 0.1) is 5.41 Å². The maximum Gasteiger partial charge on any atom is 0.120 e. The van der Waals surface area contributed by atoms with E-state index in [9.17, 15) is 5.11 Å². The summed E-state index contributed by atoms with van der Waals surface area (Å²) in [6.07, 6.45) is 6.55. The molecular formula is C23H28O2. The smallest absolute Gasteiger partial charge is 0.120 e. The molecule has 0 radical (unpaired) electrons. The van der Waals surface area contributed by atoms with E-state index < -0.39 is 0 Å². The Bertz CT molecular complexity index is 758. The highest BCUT2D eigenvalue weighted by molar-refractivity contribution is 5.70. The summed E-state index contributed by atoms with van der Waals surface area (Å²) in [5.41, 5.74) is 5.22. The van der Waals surface area contributed by atoms with Crippen molar-refractivity contribution >= 4 is 0 Å². The van der Waals surface area contributed by atoms with Crippen LogP contribution in [-0.4, -0.2) is 11.2 Å². The minimum absolute atomic E-state index is 0.102. The molecule has 2 aromatic carbocycles. The third-order valence-electron chi connectivity index (χ3n) is 5.90. The lowest BCUT2D eigenvalue weighted by Crippen LogP contribution is -2.16. The lowest BCUT2D eigenvalue weighted by Gasteiger charge is -2.29. The van der Waals surface area contributed by atoms with Gasteiger partial charge >= 0.3 is 0 Å². The SMILES string of the molecule is CC1(C)CCCC1c1cc(CO)ccc1-c1cccc(OC2CC2)c1. The summed E-state index contributed by atoms with van der Waals surface area (Å²) in [5.74, 6) is 1.52. The fourth-order valence-corrected chi connectivity index (χ4v) is 4.28. The predicted octanol–water partition coefficient (Wildman–Crippen LogP) is 5.68. The van der Waals surface area contributed by atoms with Crippen molar-refractivity contribution in [3.8, 4) is 16.9 Å². The summed E-state index contributed by atoms with van der Waals surface area (Å²) in [6, 6.07) is 15.0. The van der Waals surface area contributed by atoms with Gasteiger partial charge in [0.15, 0.2) is 0 Å². The molecule has 2 heteroatoms. The molecule has 0 aromatic heterocycles. The standard InChI is InChI=1S/C23H28O2/c1-23(2)12-4-7-22(23)21-13-16(15-24)8-11-20(21)17-5-3-6-19(14-17)25-18-9-10-18/h3,5-6,8,11,13-14,18,22,24H,4,7,9-10,12,15H2,1-2H3. The van der Waals surface area contributed by atoms with Crippen LogP contribution in [0.25, 0.3) is 11.1 Å². The zero-order valence-corrected chi connectivity index (χ0v) is 15.3. The Hall–Kier alpha value is -1.80. The molecule has 2 fully saturated rings. The summed E-state index contributed by atoms with van der Waals surface area (Å²) >= 11 is 0. The molecule has 0 spiro atoms. The number of hydrogen-bond acceptors (Lipinski definition) is 2. The fourth-order valence-electron chi connectivity index (χ4n) is 4.28. The average Bonchev–Trinajstić information content (AvgIpc) is 3.35. The molecule has 132 valence electrons. The molecule has 2 nitrogen and oxygen atoms in total. The fraction of sp³-hybridized carbons (Fsp3) is 0.478. The Morgan fingerprint density at radius 2 is 1.92 bits per heavy atom. The lowest BCUT2D eigenvalue weighted by molar-refractivity contribution is 0.281. The van der Waals surface area contributed by atoms with Crippen LogP contribution < -0.4 is 4.74 Å². The second-order valence-electron chi connectivity index (χ2n) is 8.36. The van der Waals surface area contributed by atoms with Crippen molar-refractivity contribution in [3.05, 3.63) is 53.6 Å². The van der Waals surface area contributed by atoms with Crippen LogP contribution in [0.3, 0.4) is 0 Å². The van der Waals surface area contributed by atoms with Gasteiger partial charge in [0.05, 0.1) is 12.7 Å². The minimum Gasteiger partial charge on any atom is -0.490 e. The predicted molar refractivity (Wildman–Crippen MR) is 102 cm³/mol. The molecule has 1 atom stereocenters. The van der Waals surface area contributed by atoms with E-state index in [1.165, 1.54) is 48.8 Å². The molecule has 1 unspecified atom stereocenters. The quantitative estimate of drug-likeness (QED) is 0.761. The van der Waals surface area contributed by atoms with Crippen LogP contribution in [-0.2, 0) is 6.61 Å². The molecule has 2 aliphatic carbocycles. The molecule has 2 aromatic rings.